The van der Waals surface area contributed by atoms with E-state index in [0.29, 0.717) is 6.42 Å². The SMILES string of the molecule is CC1NC(=O)CC1c1cccc2cccnc12. The van der Waals surface area contributed by atoms with Crippen LogP contribution in [0.15, 0.2) is 36.5 Å². The van der Waals surface area contributed by atoms with E-state index >= 15 is 0 Å². The van der Waals surface area contributed by atoms with Crippen molar-refractivity contribution in [1.82, 2.24) is 10.3 Å². The van der Waals surface area contributed by atoms with Gasteiger partial charge >= 0.3 is 0 Å². The predicted octanol–water partition coefficient (Wildman–Crippen LogP) is 2.23. The molecule has 17 heavy (non-hydrogen) atoms. The Morgan fingerprint density at radius 2 is 2.12 bits per heavy atom. The van der Waals surface area contributed by atoms with Gasteiger partial charge in [-0.2, -0.15) is 0 Å². The van der Waals surface area contributed by atoms with Gasteiger partial charge in [0.05, 0.1) is 5.52 Å². The monoisotopic (exact) mass is 226 g/mol. The number of rotatable bonds is 1. The van der Waals surface area contributed by atoms with Crippen molar-refractivity contribution in [3.8, 4) is 0 Å². The van der Waals surface area contributed by atoms with Gasteiger partial charge in [0.15, 0.2) is 0 Å². The van der Waals surface area contributed by atoms with Crippen molar-refractivity contribution in [2.75, 3.05) is 0 Å². The van der Waals surface area contributed by atoms with Crippen molar-refractivity contribution in [3.63, 3.8) is 0 Å². The van der Waals surface area contributed by atoms with Gasteiger partial charge in [0.1, 0.15) is 0 Å². The average molecular weight is 226 g/mol. The molecule has 2 atom stereocenters. The first kappa shape index (κ1) is 10.3. The highest BCUT2D eigenvalue weighted by Gasteiger charge is 2.31. The maximum absolute atomic E-state index is 11.4. The molecule has 0 bridgehead atoms. The van der Waals surface area contributed by atoms with E-state index in [4.69, 9.17) is 0 Å². The Kier molecular flexibility index (Phi) is 2.32. The number of fused-ring (bicyclic) bond motifs is 1. The summed E-state index contributed by atoms with van der Waals surface area (Å²) in [6.07, 6.45) is 2.37. The van der Waals surface area contributed by atoms with Crippen LogP contribution < -0.4 is 5.32 Å². The summed E-state index contributed by atoms with van der Waals surface area (Å²) in [6, 6.07) is 10.4. The second kappa shape index (κ2) is 3.84. The molecule has 1 saturated heterocycles. The van der Waals surface area contributed by atoms with Gasteiger partial charge < -0.3 is 5.32 Å². The lowest BCUT2D eigenvalue weighted by Crippen LogP contribution is -2.24. The smallest absolute Gasteiger partial charge is 0.220 e. The van der Waals surface area contributed by atoms with Gasteiger partial charge in [-0.05, 0) is 18.6 Å². The normalized spacial score (nSPS) is 23.9. The fraction of sp³-hybridized carbons (Fsp3) is 0.286. The van der Waals surface area contributed by atoms with E-state index in [9.17, 15) is 4.79 Å². The Labute approximate surface area is 99.9 Å². The second-order valence-corrected chi connectivity index (χ2v) is 4.59. The summed E-state index contributed by atoms with van der Waals surface area (Å²) in [5, 5.41) is 4.10. The molecule has 0 radical (unpaired) electrons. The molecule has 1 fully saturated rings. The molecule has 1 aromatic heterocycles. The molecule has 3 nitrogen and oxygen atoms in total. The Morgan fingerprint density at radius 3 is 2.88 bits per heavy atom. The van der Waals surface area contributed by atoms with Crippen LogP contribution in [0, 0.1) is 0 Å². The minimum Gasteiger partial charge on any atom is -0.353 e. The molecule has 86 valence electrons. The van der Waals surface area contributed by atoms with E-state index in [2.05, 4.69) is 35.4 Å². The van der Waals surface area contributed by atoms with Crippen molar-refractivity contribution in [2.24, 2.45) is 0 Å². The molecule has 2 heterocycles. The Morgan fingerprint density at radius 1 is 1.29 bits per heavy atom. The van der Waals surface area contributed by atoms with Crippen LogP contribution in [0.4, 0.5) is 0 Å². The van der Waals surface area contributed by atoms with Crippen molar-refractivity contribution in [2.45, 2.75) is 25.3 Å². The van der Waals surface area contributed by atoms with Gasteiger partial charge in [0, 0.05) is 30.0 Å². The largest absolute Gasteiger partial charge is 0.353 e. The topological polar surface area (TPSA) is 42.0 Å². The molecule has 1 amide bonds. The lowest BCUT2D eigenvalue weighted by atomic mass is 9.91. The van der Waals surface area contributed by atoms with Gasteiger partial charge in [-0.3, -0.25) is 9.78 Å². The summed E-state index contributed by atoms with van der Waals surface area (Å²) in [7, 11) is 0. The fourth-order valence-electron chi connectivity index (χ4n) is 2.60. The van der Waals surface area contributed by atoms with Gasteiger partial charge in [-0.1, -0.05) is 24.3 Å². The number of aromatic nitrogens is 1. The zero-order valence-corrected chi connectivity index (χ0v) is 9.68. The molecule has 1 aromatic carbocycles. The molecule has 0 saturated carbocycles. The summed E-state index contributed by atoms with van der Waals surface area (Å²) >= 11 is 0. The van der Waals surface area contributed by atoms with Crippen LogP contribution in [0.3, 0.4) is 0 Å². The third-order valence-corrected chi connectivity index (χ3v) is 3.46. The number of benzene rings is 1. The quantitative estimate of drug-likeness (QED) is 0.810. The van der Waals surface area contributed by atoms with E-state index < -0.39 is 0 Å². The van der Waals surface area contributed by atoms with Gasteiger partial charge in [-0.15, -0.1) is 0 Å². The van der Waals surface area contributed by atoms with Crippen LogP contribution in [0.5, 0.6) is 0 Å². The summed E-state index contributed by atoms with van der Waals surface area (Å²) < 4.78 is 0. The zero-order chi connectivity index (χ0) is 11.8. The molecule has 0 spiro atoms. The van der Waals surface area contributed by atoms with Crippen molar-refractivity contribution in [3.05, 3.63) is 42.1 Å². The highest BCUT2D eigenvalue weighted by atomic mass is 16.1. The van der Waals surface area contributed by atoms with Crippen LogP contribution in [0.1, 0.15) is 24.8 Å². The maximum atomic E-state index is 11.4. The van der Waals surface area contributed by atoms with Crippen molar-refractivity contribution in [1.29, 1.82) is 0 Å². The van der Waals surface area contributed by atoms with Gasteiger partial charge in [0.25, 0.3) is 0 Å². The molecule has 1 N–H and O–H groups in total. The van der Waals surface area contributed by atoms with E-state index in [1.807, 2.05) is 12.1 Å². The molecule has 1 aliphatic rings. The average Bonchev–Trinajstić information content (AvgIpc) is 2.68. The van der Waals surface area contributed by atoms with Crippen LogP contribution in [-0.2, 0) is 4.79 Å². The van der Waals surface area contributed by atoms with Gasteiger partial charge in [0.2, 0.25) is 5.91 Å². The number of carbonyl (C=O) groups is 1. The van der Waals surface area contributed by atoms with E-state index in [1.165, 1.54) is 5.56 Å². The number of carbonyl (C=O) groups excluding carboxylic acids is 1. The first-order chi connectivity index (χ1) is 8.25. The molecule has 1 aliphatic heterocycles. The van der Waals surface area contributed by atoms with Gasteiger partial charge in [-0.25, -0.2) is 0 Å². The van der Waals surface area contributed by atoms with E-state index in [1.54, 1.807) is 6.20 Å². The summed E-state index contributed by atoms with van der Waals surface area (Å²) in [5.74, 6) is 0.372. The first-order valence-corrected chi connectivity index (χ1v) is 5.89. The molecule has 3 heteroatoms. The third-order valence-electron chi connectivity index (χ3n) is 3.46. The van der Waals surface area contributed by atoms with Crippen molar-refractivity contribution < 1.29 is 4.79 Å². The fourth-order valence-corrected chi connectivity index (χ4v) is 2.60. The van der Waals surface area contributed by atoms with Crippen LogP contribution >= 0.6 is 0 Å². The van der Waals surface area contributed by atoms with Crippen LogP contribution in [0.2, 0.25) is 0 Å². The molecule has 0 aliphatic carbocycles. The summed E-state index contributed by atoms with van der Waals surface area (Å²) in [6.45, 7) is 2.05. The lowest BCUT2D eigenvalue weighted by Gasteiger charge is -2.16. The Bertz CT molecular complexity index is 574. The number of nitrogens with zero attached hydrogens (tertiary/aromatic N) is 1. The number of amides is 1. The van der Waals surface area contributed by atoms with Crippen LogP contribution in [0.25, 0.3) is 10.9 Å². The minimum absolute atomic E-state index is 0.135. The Balaban J connectivity index is 2.14. The lowest BCUT2D eigenvalue weighted by molar-refractivity contribution is -0.119. The highest BCUT2D eigenvalue weighted by Crippen LogP contribution is 2.32. The van der Waals surface area contributed by atoms with E-state index in [0.717, 1.165) is 10.9 Å². The highest BCUT2D eigenvalue weighted by molar-refractivity contribution is 5.85. The minimum atomic E-state index is 0.135. The summed E-state index contributed by atoms with van der Waals surface area (Å²) in [4.78, 5) is 15.9. The van der Waals surface area contributed by atoms with Crippen molar-refractivity contribution >= 4 is 16.8 Å². The molecular weight excluding hydrogens is 212 g/mol. The molecule has 2 unspecified atom stereocenters. The number of hydrogen-bond donors (Lipinski definition) is 1. The predicted molar refractivity (Wildman–Crippen MR) is 66.7 cm³/mol. The Hall–Kier alpha value is -1.90. The second-order valence-electron chi connectivity index (χ2n) is 4.59. The number of nitrogens with one attached hydrogen (secondary N) is 1. The molecule has 3 rings (SSSR count). The van der Waals surface area contributed by atoms with E-state index in [-0.39, 0.29) is 17.9 Å². The maximum Gasteiger partial charge on any atom is 0.220 e. The zero-order valence-electron chi connectivity index (χ0n) is 9.68. The molecular formula is C14H14N2O. The third kappa shape index (κ3) is 1.68. The number of hydrogen-bond acceptors (Lipinski definition) is 2. The molecule has 2 aromatic rings. The number of pyridine rings is 1. The summed E-state index contributed by atoms with van der Waals surface area (Å²) in [5.41, 5.74) is 2.19. The van der Waals surface area contributed by atoms with Crippen LogP contribution in [-0.4, -0.2) is 16.9 Å². The standard InChI is InChI=1S/C14H14N2O/c1-9-12(8-13(17)16-9)11-6-2-4-10-5-3-7-15-14(10)11/h2-7,9,12H,8H2,1H3,(H,16,17). The first-order valence-electron chi connectivity index (χ1n) is 5.89. The number of para-hydroxylation sites is 1.